The van der Waals surface area contributed by atoms with Crippen LogP contribution < -0.4 is 4.90 Å². The predicted molar refractivity (Wildman–Crippen MR) is 119 cm³/mol. The maximum absolute atomic E-state index is 13.6. The number of hydrogen-bond acceptors (Lipinski definition) is 8. The van der Waals surface area contributed by atoms with Crippen molar-refractivity contribution in [1.82, 2.24) is 9.21 Å². The van der Waals surface area contributed by atoms with Gasteiger partial charge in [-0.3, -0.25) is 4.79 Å². The number of anilines is 1. The summed E-state index contributed by atoms with van der Waals surface area (Å²) in [4.78, 5) is 17.4. The molecule has 2 heterocycles. The molecule has 180 valence electrons. The van der Waals surface area contributed by atoms with E-state index in [2.05, 4.69) is 4.90 Å². The van der Waals surface area contributed by atoms with Gasteiger partial charge in [0.25, 0.3) is 5.91 Å². The molecular formula is C21H33N3O7S. The number of morpholine rings is 2. The van der Waals surface area contributed by atoms with Crippen LogP contribution in [0.4, 0.5) is 5.69 Å². The van der Waals surface area contributed by atoms with Crippen molar-refractivity contribution in [1.29, 1.82) is 0 Å². The minimum absolute atomic E-state index is 0.109. The molecule has 0 aliphatic carbocycles. The Bertz CT molecular complexity index is 845. The van der Waals surface area contributed by atoms with E-state index in [1.807, 2.05) is 0 Å². The number of carbonyl (C=O) groups excluding carboxylic acids is 1. The average Bonchev–Trinajstić information content (AvgIpc) is 2.84. The highest BCUT2D eigenvalue weighted by Gasteiger charge is 2.30. The highest BCUT2D eigenvalue weighted by molar-refractivity contribution is 7.89. The fourth-order valence-electron chi connectivity index (χ4n) is 3.75. The van der Waals surface area contributed by atoms with Crippen molar-refractivity contribution in [3.8, 4) is 0 Å². The van der Waals surface area contributed by atoms with Crippen molar-refractivity contribution < 1.29 is 32.2 Å². The minimum atomic E-state index is -3.74. The number of hydrogen-bond donors (Lipinski definition) is 0. The number of amides is 1. The van der Waals surface area contributed by atoms with Crippen molar-refractivity contribution in [3.05, 3.63) is 23.8 Å². The third-order valence-electron chi connectivity index (χ3n) is 5.58. The Balaban J connectivity index is 1.98. The van der Waals surface area contributed by atoms with Crippen LogP contribution in [0.15, 0.2) is 23.1 Å². The summed E-state index contributed by atoms with van der Waals surface area (Å²) in [6, 6.07) is 4.82. The maximum Gasteiger partial charge on any atom is 0.256 e. The van der Waals surface area contributed by atoms with Gasteiger partial charge in [0.05, 0.1) is 50.1 Å². The molecule has 2 saturated heterocycles. The van der Waals surface area contributed by atoms with Gasteiger partial charge in [0.2, 0.25) is 10.0 Å². The molecule has 2 aliphatic rings. The molecule has 2 aliphatic heterocycles. The normalized spacial score (nSPS) is 18.0. The second kappa shape index (κ2) is 11.9. The maximum atomic E-state index is 13.6. The van der Waals surface area contributed by atoms with E-state index in [0.717, 1.165) is 0 Å². The Morgan fingerprint density at radius 1 is 0.969 bits per heavy atom. The van der Waals surface area contributed by atoms with Crippen LogP contribution >= 0.6 is 0 Å². The first-order chi connectivity index (χ1) is 15.5. The van der Waals surface area contributed by atoms with E-state index in [-0.39, 0.29) is 10.8 Å². The molecule has 0 saturated carbocycles. The number of sulfonamides is 1. The Morgan fingerprint density at radius 3 is 2.09 bits per heavy atom. The van der Waals surface area contributed by atoms with Crippen LogP contribution in [-0.2, 0) is 29.0 Å². The molecule has 1 aromatic carbocycles. The summed E-state index contributed by atoms with van der Waals surface area (Å²) < 4.78 is 48.9. The Hall–Kier alpha value is -1.76. The van der Waals surface area contributed by atoms with Crippen molar-refractivity contribution >= 4 is 21.6 Å². The molecule has 0 spiro atoms. The highest BCUT2D eigenvalue weighted by atomic mass is 32.2. The van der Waals surface area contributed by atoms with Gasteiger partial charge in [0, 0.05) is 59.2 Å². The van der Waals surface area contributed by atoms with Gasteiger partial charge in [-0.15, -0.1) is 0 Å². The number of ether oxygens (including phenoxy) is 4. The SMILES string of the molecule is COCCN(CCOC)C(=O)c1cc(S(=O)(=O)N2CCOCC2)ccc1N1CCOCC1. The van der Waals surface area contributed by atoms with Crippen LogP contribution in [0, 0.1) is 0 Å². The van der Waals surface area contributed by atoms with Crippen LogP contribution in [0.2, 0.25) is 0 Å². The van der Waals surface area contributed by atoms with E-state index in [9.17, 15) is 13.2 Å². The topological polar surface area (TPSA) is 97.8 Å². The van der Waals surface area contributed by atoms with Crippen molar-refractivity contribution in [3.63, 3.8) is 0 Å². The van der Waals surface area contributed by atoms with Crippen molar-refractivity contribution in [2.45, 2.75) is 4.90 Å². The van der Waals surface area contributed by atoms with Gasteiger partial charge in [-0.05, 0) is 18.2 Å². The molecule has 1 aromatic rings. The standard InChI is InChI=1S/C21H33N3O7S/c1-28-11-5-23(6-12-29-2)21(25)19-17-18(32(26,27)24-9-15-31-16-10-24)3-4-20(19)22-7-13-30-14-8-22/h3-4,17H,5-16H2,1-2H3. The second-order valence-electron chi connectivity index (χ2n) is 7.57. The molecule has 0 aromatic heterocycles. The molecule has 0 N–H and O–H groups in total. The van der Waals surface area contributed by atoms with Gasteiger partial charge in [0.15, 0.2) is 0 Å². The van der Waals surface area contributed by atoms with E-state index in [4.69, 9.17) is 18.9 Å². The molecule has 10 nitrogen and oxygen atoms in total. The fraction of sp³-hybridized carbons (Fsp3) is 0.667. The smallest absolute Gasteiger partial charge is 0.256 e. The molecular weight excluding hydrogens is 438 g/mol. The average molecular weight is 472 g/mol. The van der Waals surface area contributed by atoms with E-state index < -0.39 is 10.0 Å². The van der Waals surface area contributed by atoms with Crippen LogP contribution in [0.1, 0.15) is 10.4 Å². The van der Waals surface area contributed by atoms with Gasteiger partial charge in [-0.25, -0.2) is 8.42 Å². The summed E-state index contributed by atoms with van der Waals surface area (Å²) >= 11 is 0. The summed E-state index contributed by atoms with van der Waals surface area (Å²) in [6.07, 6.45) is 0. The first-order valence-electron chi connectivity index (χ1n) is 10.8. The monoisotopic (exact) mass is 471 g/mol. The van der Waals surface area contributed by atoms with E-state index >= 15 is 0 Å². The van der Waals surface area contributed by atoms with Crippen molar-refractivity contribution in [2.24, 2.45) is 0 Å². The number of rotatable bonds is 10. The number of methoxy groups -OCH3 is 2. The van der Waals surface area contributed by atoms with Gasteiger partial charge >= 0.3 is 0 Å². The minimum Gasteiger partial charge on any atom is -0.383 e. The van der Waals surface area contributed by atoms with Gasteiger partial charge in [-0.2, -0.15) is 4.31 Å². The zero-order valence-corrected chi connectivity index (χ0v) is 19.6. The number of benzene rings is 1. The molecule has 1 amide bonds. The molecule has 0 atom stereocenters. The van der Waals surface area contributed by atoms with E-state index in [1.54, 1.807) is 31.3 Å². The molecule has 2 fully saturated rings. The zero-order chi connectivity index (χ0) is 23.0. The first kappa shape index (κ1) is 24.9. The summed E-state index contributed by atoms with van der Waals surface area (Å²) in [5, 5.41) is 0. The third kappa shape index (κ3) is 5.97. The Kier molecular flexibility index (Phi) is 9.26. The fourth-order valence-corrected chi connectivity index (χ4v) is 5.19. The lowest BCUT2D eigenvalue weighted by Gasteiger charge is -2.32. The lowest BCUT2D eigenvalue weighted by atomic mass is 10.1. The highest BCUT2D eigenvalue weighted by Crippen LogP contribution is 2.28. The van der Waals surface area contributed by atoms with Crippen LogP contribution in [0.5, 0.6) is 0 Å². The molecule has 0 radical (unpaired) electrons. The largest absolute Gasteiger partial charge is 0.383 e. The summed E-state index contributed by atoms with van der Waals surface area (Å²) in [6.45, 7) is 5.17. The van der Waals surface area contributed by atoms with Gasteiger partial charge in [-0.1, -0.05) is 0 Å². The second-order valence-corrected chi connectivity index (χ2v) is 9.51. The summed E-state index contributed by atoms with van der Waals surface area (Å²) in [5.74, 6) is -0.250. The summed E-state index contributed by atoms with van der Waals surface area (Å²) in [5.41, 5.74) is 1.06. The Labute approximate surface area is 190 Å². The molecule has 3 rings (SSSR count). The number of carbonyl (C=O) groups is 1. The lowest BCUT2D eigenvalue weighted by molar-refractivity contribution is 0.0626. The van der Waals surface area contributed by atoms with Gasteiger partial charge < -0.3 is 28.7 Å². The van der Waals surface area contributed by atoms with Crippen molar-refractivity contribution in [2.75, 3.05) is 98.0 Å². The predicted octanol–water partition coefficient (Wildman–Crippen LogP) is 0.279. The number of nitrogens with zero attached hydrogens (tertiary/aromatic N) is 3. The zero-order valence-electron chi connectivity index (χ0n) is 18.8. The van der Waals surface area contributed by atoms with Crippen LogP contribution in [0.25, 0.3) is 0 Å². The third-order valence-corrected chi connectivity index (χ3v) is 7.47. The van der Waals surface area contributed by atoms with Crippen LogP contribution in [-0.4, -0.2) is 117 Å². The lowest BCUT2D eigenvalue weighted by Crippen LogP contribution is -2.41. The molecule has 0 bridgehead atoms. The molecule has 11 heteroatoms. The van der Waals surface area contributed by atoms with E-state index in [0.29, 0.717) is 90.2 Å². The summed E-state index contributed by atoms with van der Waals surface area (Å²) in [7, 11) is -0.581. The molecule has 0 unspecified atom stereocenters. The molecule has 32 heavy (non-hydrogen) atoms. The quantitative estimate of drug-likeness (QED) is 0.480. The van der Waals surface area contributed by atoms with Crippen LogP contribution in [0.3, 0.4) is 0 Å². The van der Waals surface area contributed by atoms with E-state index in [1.165, 1.54) is 10.4 Å². The Morgan fingerprint density at radius 2 is 1.53 bits per heavy atom. The first-order valence-corrected chi connectivity index (χ1v) is 12.2. The van der Waals surface area contributed by atoms with Gasteiger partial charge in [0.1, 0.15) is 0 Å².